The van der Waals surface area contributed by atoms with E-state index in [2.05, 4.69) is 20.3 Å². The van der Waals surface area contributed by atoms with Crippen LogP contribution in [-0.2, 0) is 16.6 Å². The summed E-state index contributed by atoms with van der Waals surface area (Å²) in [4.78, 5) is 31.2. The zero-order valence-electron chi connectivity index (χ0n) is 18.8. The number of rotatable bonds is 6. The number of aromatic amines is 1. The highest BCUT2D eigenvalue weighted by Gasteiger charge is 2.33. The summed E-state index contributed by atoms with van der Waals surface area (Å²) in [6.45, 7) is 0.540. The number of fused-ring (bicyclic) bond motifs is 1. The standard InChI is InChI=1S/C23H21FN6O5S/c24-17-8-6-14(7-9-17)12-30-21-19(27-28-30)22(31)26-20(25-21)16-4-2-10-29(13-16)36(34,35)18-5-1-3-15(11-18)23(32)33/h1,3,5-9,11,16H,2,4,10,12-13H2,(H,32,33)(H,25,26,31)/t16-/m0/s1. The fourth-order valence-electron chi connectivity index (χ4n) is 4.27. The number of benzene rings is 2. The number of hydrogen-bond donors (Lipinski definition) is 2. The smallest absolute Gasteiger partial charge is 0.335 e. The van der Waals surface area contributed by atoms with Crippen molar-refractivity contribution < 1.29 is 22.7 Å². The molecule has 11 nitrogen and oxygen atoms in total. The highest BCUT2D eigenvalue weighted by Crippen LogP contribution is 2.29. The van der Waals surface area contributed by atoms with Crippen LogP contribution in [0.3, 0.4) is 0 Å². The Morgan fingerprint density at radius 2 is 1.97 bits per heavy atom. The van der Waals surface area contributed by atoms with Crippen molar-refractivity contribution in [1.82, 2.24) is 29.3 Å². The third-order valence-electron chi connectivity index (χ3n) is 6.13. The van der Waals surface area contributed by atoms with E-state index >= 15 is 0 Å². The molecule has 0 bridgehead atoms. The predicted octanol–water partition coefficient (Wildman–Crippen LogP) is 1.97. The first-order chi connectivity index (χ1) is 17.2. The highest BCUT2D eigenvalue weighted by atomic mass is 32.2. The Morgan fingerprint density at radius 1 is 1.19 bits per heavy atom. The minimum absolute atomic E-state index is 0.0478. The first kappa shape index (κ1) is 23.8. The van der Waals surface area contributed by atoms with Crippen molar-refractivity contribution in [1.29, 1.82) is 0 Å². The zero-order chi connectivity index (χ0) is 25.4. The van der Waals surface area contributed by atoms with Gasteiger partial charge in [-0.25, -0.2) is 27.3 Å². The molecule has 2 aromatic carbocycles. The molecule has 1 fully saturated rings. The van der Waals surface area contributed by atoms with Gasteiger partial charge < -0.3 is 10.1 Å². The van der Waals surface area contributed by atoms with Crippen LogP contribution in [0.15, 0.2) is 58.2 Å². The van der Waals surface area contributed by atoms with Gasteiger partial charge in [0.25, 0.3) is 5.56 Å². The van der Waals surface area contributed by atoms with Gasteiger partial charge >= 0.3 is 5.97 Å². The number of carboxylic acid groups (broad SMARTS) is 1. The summed E-state index contributed by atoms with van der Waals surface area (Å²) in [6, 6.07) is 11.0. The van der Waals surface area contributed by atoms with E-state index < -0.39 is 27.5 Å². The second-order valence-electron chi connectivity index (χ2n) is 8.53. The van der Waals surface area contributed by atoms with E-state index in [4.69, 9.17) is 0 Å². The summed E-state index contributed by atoms with van der Waals surface area (Å²) in [7, 11) is -3.96. The molecule has 0 unspecified atom stereocenters. The van der Waals surface area contributed by atoms with Gasteiger partial charge in [0.15, 0.2) is 11.2 Å². The number of aromatic nitrogens is 5. The molecule has 0 amide bonds. The van der Waals surface area contributed by atoms with E-state index in [-0.39, 0.29) is 47.1 Å². The lowest BCUT2D eigenvalue weighted by Gasteiger charge is -2.31. The minimum atomic E-state index is -3.96. The summed E-state index contributed by atoms with van der Waals surface area (Å²) in [5, 5.41) is 17.1. The van der Waals surface area contributed by atoms with Crippen LogP contribution in [-0.4, -0.2) is 61.9 Å². The molecule has 5 rings (SSSR count). The number of carboxylic acids is 1. The Hall–Kier alpha value is -3.97. The average Bonchev–Trinajstić information content (AvgIpc) is 3.28. The molecule has 0 spiro atoms. The van der Waals surface area contributed by atoms with E-state index in [1.54, 1.807) is 12.1 Å². The first-order valence-corrected chi connectivity index (χ1v) is 12.6. The fraction of sp³-hybridized carbons (Fsp3) is 0.261. The van der Waals surface area contributed by atoms with Crippen molar-refractivity contribution in [2.75, 3.05) is 13.1 Å². The van der Waals surface area contributed by atoms with E-state index in [9.17, 15) is 27.5 Å². The average molecular weight is 513 g/mol. The molecule has 1 aliphatic heterocycles. The Labute approximate surface area is 204 Å². The van der Waals surface area contributed by atoms with E-state index in [1.807, 2.05) is 0 Å². The number of hydrogen-bond acceptors (Lipinski definition) is 7. The lowest BCUT2D eigenvalue weighted by molar-refractivity contribution is 0.0696. The van der Waals surface area contributed by atoms with E-state index in [0.29, 0.717) is 18.7 Å². The largest absolute Gasteiger partial charge is 0.478 e. The van der Waals surface area contributed by atoms with Crippen molar-refractivity contribution in [2.24, 2.45) is 0 Å². The molecule has 1 saturated heterocycles. The maximum atomic E-state index is 13.2. The molecule has 13 heteroatoms. The zero-order valence-corrected chi connectivity index (χ0v) is 19.7. The quantitative estimate of drug-likeness (QED) is 0.398. The molecule has 186 valence electrons. The molecule has 0 saturated carbocycles. The molecule has 1 aliphatic rings. The SMILES string of the molecule is O=C(O)c1cccc(S(=O)(=O)N2CCC[C@H](c3nc4c(nnn4Cc4ccc(F)cc4)c(=O)[nH]3)C2)c1. The summed E-state index contributed by atoms with van der Waals surface area (Å²) < 4.78 is 42.5. The monoisotopic (exact) mass is 512 g/mol. The highest BCUT2D eigenvalue weighted by molar-refractivity contribution is 7.89. The molecule has 2 N–H and O–H groups in total. The van der Waals surface area contributed by atoms with Crippen LogP contribution in [0, 0.1) is 5.82 Å². The second kappa shape index (κ2) is 9.24. The lowest BCUT2D eigenvalue weighted by Crippen LogP contribution is -2.40. The van der Waals surface area contributed by atoms with Gasteiger partial charge in [-0.15, -0.1) is 5.10 Å². The maximum absolute atomic E-state index is 13.2. The third kappa shape index (κ3) is 4.50. The van der Waals surface area contributed by atoms with Gasteiger partial charge in [0.05, 0.1) is 17.0 Å². The molecule has 1 atom stereocenters. The predicted molar refractivity (Wildman–Crippen MR) is 126 cm³/mol. The normalized spacial score (nSPS) is 16.9. The molecule has 4 aromatic rings. The fourth-order valence-corrected chi connectivity index (χ4v) is 5.84. The van der Waals surface area contributed by atoms with Gasteiger partial charge in [-0.2, -0.15) is 4.31 Å². The number of nitrogens with one attached hydrogen (secondary N) is 1. The molecule has 2 aromatic heterocycles. The number of aromatic carboxylic acids is 1. The topological polar surface area (TPSA) is 151 Å². The third-order valence-corrected chi connectivity index (χ3v) is 7.99. The van der Waals surface area contributed by atoms with Gasteiger partial charge in [-0.1, -0.05) is 23.4 Å². The van der Waals surface area contributed by atoms with Crippen molar-refractivity contribution in [3.05, 3.63) is 81.7 Å². The lowest BCUT2D eigenvalue weighted by atomic mass is 9.99. The Morgan fingerprint density at radius 3 is 2.72 bits per heavy atom. The van der Waals surface area contributed by atoms with Gasteiger partial charge in [0, 0.05) is 19.0 Å². The van der Waals surface area contributed by atoms with Gasteiger partial charge in [0.2, 0.25) is 10.0 Å². The van der Waals surface area contributed by atoms with Crippen LogP contribution in [0.4, 0.5) is 4.39 Å². The molecular formula is C23H21FN6O5S. The molecule has 3 heterocycles. The number of halogens is 1. The number of H-pyrrole nitrogens is 1. The number of nitrogens with zero attached hydrogens (tertiary/aromatic N) is 5. The second-order valence-corrected chi connectivity index (χ2v) is 10.5. The number of carbonyl (C=O) groups is 1. The Kier molecular flexibility index (Phi) is 6.10. The minimum Gasteiger partial charge on any atom is -0.478 e. The summed E-state index contributed by atoms with van der Waals surface area (Å²) in [6.07, 6.45) is 1.12. The van der Waals surface area contributed by atoms with Gasteiger partial charge in [0.1, 0.15) is 11.6 Å². The van der Waals surface area contributed by atoms with Crippen molar-refractivity contribution in [3.8, 4) is 0 Å². The molecular weight excluding hydrogens is 491 g/mol. The summed E-state index contributed by atoms with van der Waals surface area (Å²) in [5.74, 6) is -1.67. The van der Waals surface area contributed by atoms with Crippen LogP contribution in [0.2, 0.25) is 0 Å². The summed E-state index contributed by atoms with van der Waals surface area (Å²) in [5.41, 5.74) is 0.418. The number of sulfonamides is 1. The van der Waals surface area contributed by atoms with Crippen molar-refractivity contribution in [3.63, 3.8) is 0 Å². The van der Waals surface area contributed by atoms with Crippen LogP contribution < -0.4 is 5.56 Å². The van der Waals surface area contributed by atoms with Gasteiger partial charge in [-0.05, 0) is 48.7 Å². The van der Waals surface area contributed by atoms with E-state index in [0.717, 1.165) is 11.6 Å². The van der Waals surface area contributed by atoms with Crippen LogP contribution in [0.1, 0.15) is 40.5 Å². The Balaban J connectivity index is 1.44. The van der Waals surface area contributed by atoms with Crippen LogP contribution in [0.25, 0.3) is 11.2 Å². The molecule has 0 aliphatic carbocycles. The van der Waals surface area contributed by atoms with Crippen LogP contribution in [0.5, 0.6) is 0 Å². The maximum Gasteiger partial charge on any atom is 0.335 e. The number of piperidine rings is 1. The van der Waals surface area contributed by atoms with Crippen molar-refractivity contribution >= 4 is 27.2 Å². The first-order valence-electron chi connectivity index (χ1n) is 11.1. The Bertz CT molecular complexity index is 1620. The summed E-state index contributed by atoms with van der Waals surface area (Å²) >= 11 is 0. The molecule has 0 radical (unpaired) electrons. The van der Waals surface area contributed by atoms with Crippen LogP contribution >= 0.6 is 0 Å². The van der Waals surface area contributed by atoms with E-state index in [1.165, 1.54) is 39.3 Å². The van der Waals surface area contributed by atoms with Crippen molar-refractivity contribution in [2.45, 2.75) is 30.2 Å². The van der Waals surface area contributed by atoms with Gasteiger partial charge in [-0.3, -0.25) is 4.79 Å². The molecule has 36 heavy (non-hydrogen) atoms.